The molecule has 0 heterocycles. The van der Waals surface area contributed by atoms with Gasteiger partial charge in [-0.05, 0) is 12.8 Å². The van der Waals surface area contributed by atoms with Crippen molar-refractivity contribution in [3.63, 3.8) is 0 Å². The second-order valence-electron chi connectivity index (χ2n) is 1.52. The summed E-state index contributed by atoms with van der Waals surface area (Å²) in [4.78, 5) is 8.88. The highest BCUT2D eigenvalue weighted by atomic mass is 16.6. The Morgan fingerprint density at radius 2 is 1.40 bits per heavy atom. The van der Waals surface area contributed by atoms with Gasteiger partial charge in [-0.2, -0.15) is 0 Å². The van der Waals surface area contributed by atoms with Crippen LogP contribution in [0.3, 0.4) is 0 Å². The van der Waals surface area contributed by atoms with Crippen molar-refractivity contribution in [2.45, 2.75) is 12.8 Å². The lowest BCUT2D eigenvalue weighted by molar-refractivity contribution is 0.213. The van der Waals surface area contributed by atoms with Crippen molar-refractivity contribution >= 4 is 12.4 Å². The molecule has 0 bridgehead atoms. The summed E-state index contributed by atoms with van der Waals surface area (Å²) in [5.74, 6) is 0. The summed E-state index contributed by atoms with van der Waals surface area (Å²) in [6, 6.07) is 0. The summed E-state index contributed by atoms with van der Waals surface area (Å²) in [6.45, 7) is 0. The van der Waals surface area contributed by atoms with Crippen molar-refractivity contribution in [1.82, 2.24) is 0 Å². The monoisotopic (exact) mass is 144 g/mol. The van der Waals surface area contributed by atoms with Gasteiger partial charge in [-0.3, -0.25) is 0 Å². The molecule has 0 spiro atoms. The average Bonchev–Trinajstić information content (AvgIpc) is 1.97. The van der Waals surface area contributed by atoms with Crippen molar-refractivity contribution < 1.29 is 9.68 Å². The third kappa shape index (κ3) is 6.94. The number of hydrogen-bond acceptors (Lipinski definition) is 4. The molecule has 0 rings (SSSR count). The molecule has 0 saturated heterocycles. The molecule has 0 amide bonds. The number of unbranched alkanes of at least 4 members (excludes halogenated alkanes) is 1. The van der Waals surface area contributed by atoms with Gasteiger partial charge in [-0.1, -0.05) is 10.3 Å². The predicted molar refractivity (Wildman–Crippen MR) is 40.2 cm³/mol. The minimum Gasteiger partial charge on any atom is -0.399 e. The van der Waals surface area contributed by atoms with Gasteiger partial charge in [0, 0.05) is 12.4 Å². The van der Waals surface area contributed by atoms with Crippen molar-refractivity contribution in [2.24, 2.45) is 10.3 Å². The quantitative estimate of drug-likeness (QED) is 0.328. The molecule has 0 aliphatic carbocycles. The molecule has 0 radical (unpaired) electrons. The van der Waals surface area contributed by atoms with Gasteiger partial charge in [0.15, 0.2) is 0 Å². The SMILES string of the molecule is CO/N=C/CC/C=N/OC. The first-order chi connectivity index (χ1) is 4.91. The highest BCUT2D eigenvalue weighted by Crippen LogP contribution is 1.81. The van der Waals surface area contributed by atoms with Gasteiger partial charge in [0.1, 0.15) is 14.2 Å². The van der Waals surface area contributed by atoms with Crippen LogP contribution in [0.1, 0.15) is 12.8 Å². The maximum Gasteiger partial charge on any atom is 0.106 e. The van der Waals surface area contributed by atoms with E-state index in [1.165, 1.54) is 14.2 Å². The minimum absolute atomic E-state index is 0.820. The lowest BCUT2D eigenvalue weighted by atomic mass is 10.4. The lowest BCUT2D eigenvalue weighted by Crippen LogP contribution is -1.80. The van der Waals surface area contributed by atoms with Crippen LogP contribution in [0, 0.1) is 0 Å². The lowest BCUT2D eigenvalue weighted by Gasteiger charge is -1.85. The summed E-state index contributed by atoms with van der Waals surface area (Å²) < 4.78 is 0. The minimum atomic E-state index is 0.820. The molecular formula is C6H12N2O2. The number of hydrogen-bond donors (Lipinski definition) is 0. The van der Waals surface area contributed by atoms with Gasteiger partial charge in [0.05, 0.1) is 0 Å². The van der Waals surface area contributed by atoms with E-state index in [1.807, 2.05) is 0 Å². The van der Waals surface area contributed by atoms with E-state index < -0.39 is 0 Å². The first kappa shape index (κ1) is 8.94. The summed E-state index contributed by atoms with van der Waals surface area (Å²) in [6.07, 6.45) is 5.00. The molecule has 0 aromatic carbocycles. The van der Waals surface area contributed by atoms with Crippen molar-refractivity contribution in [2.75, 3.05) is 14.2 Å². The van der Waals surface area contributed by atoms with Crippen LogP contribution in [-0.2, 0) is 9.68 Å². The Balaban J connectivity index is 3.04. The molecule has 4 nitrogen and oxygen atoms in total. The second-order valence-corrected chi connectivity index (χ2v) is 1.52. The zero-order valence-corrected chi connectivity index (χ0v) is 6.28. The van der Waals surface area contributed by atoms with Crippen molar-refractivity contribution in [1.29, 1.82) is 0 Å². The Kier molecular flexibility index (Phi) is 7.10. The van der Waals surface area contributed by atoms with Gasteiger partial charge in [-0.15, -0.1) is 0 Å². The van der Waals surface area contributed by atoms with Crippen LogP contribution in [0.4, 0.5) is 0 Å². The molecule has 0 aliphatic heterocycles. The summed E-state index contributed by atoms with van der Waals surface area (Å²) in [5.41, 5.74) is 0. The molecular weight excluding hydrogens is 132 g/mol. The fraction of sp³-hybridized carbons (Fsp3) is 0.667. The number of oxime groups is 2. The highest BCUT2D eigenvalue weighted by Gasteiger charge is 1.76. The summed E-state index contributed by atoms with van der Waals surface area (Å²) in [7, 11) is 3.03. The van der Waals surface area contributed by atoms with Crippen molar-refractivity contribution in [3.05, 3.63) is 0 Å². The van der Waals surface area contributed by atoms with Crippen LogP contribution < -0.4 is 0 Å². The van der Waals surface area contributed by atoms with Gasteiger partial charge in [-0.25, -0.2) is 0 Å². The first-order valence-electron chi connectivity index (χ1n) is 3.01. The maximum absolute atomic E-state index is 4.44. The zero-order valence-electron chi connectivity index (χ0n) is 6.28. The number of rotatable bonds is 5. The van der Waals surface area contributed by atoms with E-state index in [-0.39, 0.29) is 0 Å². The van der Waals surface area contributed by atoms with Crippen LogP contribution in [0.15, 0.2) is 10.3 Å². The fourth-order valence-electron chi connectivity index (χ4n) is 0.404. The molecule has 10 heavy (non-hydrogen) atoms. The standard InChI is InChI=1S/C6H12N2O2/c1-9-7-5-3-4-6-8-10-2/h5-6H,3-4H2,1-2H3/b7-5+,8-6+. The van der Waals surface area contributed by atoms with Crippen molar-refractivity contribution in [3.8, 4) is 0 Å². The molecule has 0 aromatic rings. The van der Waals surface area contributed by atoms with Gasteiger partial charge in [0.25, 0.3) is 0 Å². The van der Waals surface area contributed by atoms with Crippen LogP contribution >= 0.6 is 0 Å². The van der Waals surface area contributed by atoms with Crippen LogP contribution in [0.2, 0.25) is 0 Å². The van der Waals surface area contributed by atoms with Crippen LogP contribution in [0.25, 0.3) is 0 Å². The molecule has 0 unspecified atom stereocenters. The topological polar surface area (TPSA) is 43.2 Å². The van der Waals surface area contributed by atoms with Crippen LogP contribution in [-0.4, -0.2) is 26.6 Å². The zero-order chi connectivity index (χ0) is 7.66. The predicted octanol–water partition coefficient (Wildman–Crippen LogP) is 1.03. The Labute approximate surface area is 60.5 Å². The van der Waals surface area contributed by atoms with E-state index in [0.717, 1.165) is 12.8 Å². The average molecular weight is 144 g/mol. The maximum atomic E-state index is 4.44. The first-order valence-corrected chi connectivity index (χ1v) is 3.01. The third-order valence-corrected chi connectivity index (χ3v) is 0.785. The van der Waals surface area contributed by atoms with Gasteiger partial charge >= 0.3 is 0 Å². The van der Waals surface area contributed by atoms with E-state index in [0.29, 0.717) is 0 Å². The normalized spacial score (nSPS) is 11.0. The number of nitrogens with zero attached hydrogens (tertiary/aromatic N) is 2. The Hall–Kier alpha value is -1.06. The Morgan fingerprint density at radius 3 is 1.70 bits per heavy atom. The second kappa shape index (κ2) is 7.94. The highest BCUT2D eigenvalue weighted by molar-refractivity contribution is 5.65. The van der Waals surface area contributed by atoms with E-state index in [1.54, 1.807) is 12.4 Å². The molecule has 0 aromatic heterocycles. The Morgan fingerprint density at radius 1 is 1.00 bits per heavy atom. The molecule has 0 fully saturated rings. The molecule has 0 atom stereocenters. The molecule has 0 N–H and O–H groups in total. The largest absolute Gasteiger partial charge is 0.399 e. The molecule has 0 aliphatic rings. The third-order valence-electron chi connectivity index (χ3n) is 0.785. The molecule has 58 valence electrons. The van der Waals surface area contributed by atoms with Gasteiger partial charge in [0.2, 0.25) is 0 Å². The molecule has 0 saturated carbocycles. The van der Waals surface area contributed by atoms with Crippen LogP contribution in [0.5, 0.6) is 0 Å². The van der Waals surface area contributed by atoms with E-state index in [9.17, 15) is 0 Å². The Bertz CT molecular complexity index is 98.3. The van der Waals surface area contributed by atoms with Gasteiger partial charge < -0.3 is 9.68 Å². The smallest absolute Gasteiger partial charge is 0.106 e. The fourth-order valence-corrected chi connectivity index (χ4v) is 0.404. The summed E-state index contributed by atoms with van der Waals surface area (Å²) >= 11 is 0. The van der Waals surface area contributed by atoms with E-state index >= 15 is 0 Å². The summed E-state index contributed by atoms with van der Waals surface area (Å²) in [5, 5.41) is 7.08. The van der Waals surface area contributed by atoms with E-state index in [4.69, 9.17) is 0 Å². The molecule has 4 heteroatoms. The van der Waals surface area contributed by atoms with E-state index in [2.05, 4.69) is 20.0 Å².